The van der Waals surface area contributed by atoms with Crippen molar-refractivity contribution in [2.75, 3.05) is 0 Å². The second kappa shape index (κ2) is 6.94. The van der Waals surface area contributed by atoms with E-state index < -0.39 is 0 Å². The van der Waals surface area contributed by atoms with Gasteiger partial charge in [-0.1, -0.05) is 41.5 Å². The van der Waals surface area contributed by atoms with E-state index >= 15 is 0 Å². The maximum Gasteiger partial charge on any atom is 0.291 e. The highest BCUT2D eigenvalue weighted by molar-refractivity contribution is 5.93. The van der Waals surface area contributed by atoms with Gasteiger partial charge in [0.15, 0.2) is 5.69 Å². The van der Waals surface area contributed by atoms with Crippen LogP contribution in [0.2, 0.25) is 0 Å². The van der Waals surface area contributed by atoms with Gasteiger partial charge in [-0.05, 0) is 41.5 Å². The third-order valence-corrected chi connectivity index (χ3v) is 4.07. The number of hydrazone groups is 1. The monoisotopic (exact) mass is 356 g/mol. The minimum atomic E-state index is -0.378. The Morgan fingerprint density at radius 2 is 1.65 bits per heavy atom. The molecule has 1 aromatic carbocycles. The molecule has 6 heteroatoms. The van der Waals surface area contributed by atoms with E-state index in [4.69, 9.17) is 0 Å². The zero-order valence-electron chi connectivity index (χ0n) is 16.6. The lowest BCUT2D eigenvalue weighted by Crippen LogP contribution is -2.19. The molecule has 0 aliphatic heterocycles. The summed E-state index contributed by atoms with van der Waals surface area (Å²) < 4.78 is 0. The van der Waals surface area contributed by atoms with Crippen LogP contribution in [-0.2, 0) is 10.8 Å². The normalized spacial score (nSPS) is 12.6. The molecule has 140 valence electrons. The van der Waals surface area contributed by atoms with Crippen molar-refractivity contribution < 1.29 is 9.90 Å². The van der Waals surface area contributed by atoms with E-state index in [9.17, 15) is 9.90 Å². The van der Waals surface area contributed by atoms with E-state index in [0.717, 1.165) is 22.4 Å². The number of hydrogen-bond acceptors (Lipinski definition) is 4. The number of aromatic amines is 1. The molecule has 1 heterocycles. The average molecular weight is 356 g/mol. The third kappa shape index (κ3) is 4.50. The molecular formula is C20H28N4O2. The Morgan fingerprint density at radius 1 is 1.12 bits per heavy atom. The smallest absolute Gasteiger partial charge is 0.291 e. The second-order valence-electron chi connectivity index (χ2n) is 8.60. The highest BCUT2D eigenvalue weighted by Gasteiger charge is 2.26. The first-order valence-corrected chi connectivity index (χ1v) is 8.63. The molecule has 26 heavy (non-hydrogen) atoms. The number of aromatic hydroxyl groups is 1. The largest absolute Gasteiger partial charge is 0.507 e. The number of carbonyl (C=O) groups is 1. The van der Waals surface area contributed by atoms with E-state index in [1.807, 2.05) is 19.1 Å². The number of phenolic OH excluding ortho intramolecular Hbond substituents is 1. The molecule has 0 atom stereocenters. The summed E-state index contributed by atoms with van der Waals surface area (Å²) in [6, 6.07) is 5.46. The van der Waals surface area contributed by atoms with Gasteiger partial charge in [0, 0.05) is 16.8 Å². The Kier molecular flexibility index (Phi) is 5.26. The predicted molar refractivity (Wildman–Crippen MR) is 104 cm³/mol. The van der Waals surface area contributed by atoms with Crippen LogP contribution < -0.4 is 5.43 Å². The number of rotatable bonds is 3. The summed E-state index contributed by atoms with van der Waals surface area (Å²) in [5.41, 5.74) is 5.65. The van der Waals surface area contributed by atoms with Gasteiger partial charge in [0.05, 0.1) is 6.21 Å². The van der Waals surface area contributed by atoms with Gasteiger partial charge in [0.2, 0.25) is 0 Å². The van der Waals surface area contributed by atoms with Gasteiger partial charge < -0.3 is 5.11 Å². The lowest BCUT2D eigenvalue weighted by Gasteiger charge is -2.27. The molecule has 0 aliphatic rings. The molecule has 6 nitrogen and oxygen atoms in total. The summed E-state index contributed by atoms with van der Waals surface area (Å²) in [5.74, 6) is -0.0605. The molecule has 3 N–H and O–H groups in total. The zero-order valence-corrected chi connectivity index (χ0v) is 16.6. The van der Waals surface area contributed by atoms with E-state index in [-0.39, 0.29) is 22.4 Å². The fourth-order valence-electron chi connectivity index (χ4n) is 2.63. The Hall–Kier alpha value is -2.63. The summed E-state index contributed by atoms with van der Waals surface area (Å²) in [4.78, 5) is 12.0. The van der Waals surface area contributed by atoms with E-state index in [1.165, 1.54) is 0 Å². The number of phenols is 1. The first-order chi connectivity index (χ1) is 11.9. The van der Waals surface area contributed by atoms with Crippen LogP contribution in [0.5, 0.6) is 5.75 Å². The van der Waals surface area contributed by atoms with Crippen molar-refractivity contribution in [3.05, 3.63) is 46.3 Å². The number of nitrogens with one attached hydrogen (secondary N) is 2. The molecule has 0 aliphatic carbocycles. The topological polar surface area (TPSA) is 90.4 Å². The highest BCUT2D eigenvalue weighted by atomic mass is 16.3. The molecule has 0 fully saturated rings. The average Bonchev–Trinajstić information content (AvgIpc) is 2.93. The summed E-state index contributed by atoms with van der Waals surface area (Å²) >= 11 is 0. The van der Waals surface area contributed by atoms with Crippen LogP contribution in [0.1, 0.15) is 74.4 Å². The Bertz CT molecular complexity index is 801. The quantitative estimate of drug-likeness (QED) is 0.577. The van der Waals surface area contributed by atoms with Crippen molar-refractivity contribution in [1.82, 2.24) is 15.6 Å². The molecule has 1 aromatic heterocycles. The summed E-state index contributed by atoms with van der Waals surface area (Å²) in [5, 5.41) is 21.4. The molecule has 0 unspecified atom stereocenters. The first-order valence-electron chi connectivity index (χ1n) is 8.63. The van der Waals surface area contributed by atoms with Gasteiger partial charge in [0.25, 0.3) is 5.91 Å². The van der Waals surface area contributed by atoms with Crippen molar-refractivity contribution in [2.24, 2.45) is 5.10 Å². The molecule has 1 amide bonds. The zero-order chi connectivity index (χ0) is 19.7. The molecule has 2 aromatic rings. The third-order valence-electron chi connectivity index (χ3n) is 4.07. The Morgan fingerprint density at radius 3 is 2.08 bits per heavy atom. The number of carbonyl (C=O) groups excluding carboxylic acids is 1. The minimum absolute atomic E-state index is 0.219. The molecule has 0 radical (unpaired) electrons. The molecule has 0 bridgehead atoms. The fourth-order valence-corrected chi connectivity index (χ4v) is 2.63. The summed E-state index contributed by atoms with van der Waals surface area (Å²) in [6.45, 7) is 14.1. The van der Waals surface area contributed by atoms with Crippen molar-refractivity contribution >= 4 is 12.1 Å². The number of H-pyrrole nitrogens is 1. The molecule has 2 rings (SSSR count). The second-order valence-corrected chi connectivity index (χ2v) is 8.60. The maximum atomic E-state index is 12.0. The standard InChI is InChI=1S/C20H28N4O2/c1-12-8-16(23-22-12)18(26)24-21-11-13-9-14(19(2,3)4)17(25)15(10-13)20(5,6)7/h8-11,25H,1-7H3,(H,22,23)(H,24,26)/b21-11+. The molecule has 0 saturated carbocycles. The number of amides is 1. The van der Waals surface area contributed by atoms with Crippen LogP contribution in [0.15, 0.2) is 23.3 Å². The van der Waals surface area contributed by atoms with Crippen LogP contribution in [0.3, 0.4) is 0 Å². The molecule has 0 saturated heterocycles. The Labute approximate surface area is 154 Å². The van der Waals surface area contributed by atoms with Gasteiger partial charge in [0.1, 0.15) is 5.75 Å². The van der Waals surface area contributed by atoms with Gasteiger partial charge in [-0.25, -0.2) is 5.43 Å². The number of aromatic nitrogens is 2. The van der Waals surface area contributed by atoms with Crippen LogP contribution in [0.4, 0.5) is 0 Å². The van der Waals surface area contributed by atoms with Gasteiger partial charge >= 0.3 is 0 Å². The SMILES string of the molecule is Cc1cc(C(=O)N/N=C/c2cc(C(C)(C)C)c(O)c(C(C)(C)C)c2)n[nH]1. The van der Waals surface area contributed by atoms with E-state index in [0.29, 0.717) is 5.75 Å². The van der Waals surface area contributed by atoms with Crippen LogP contribution in [0, 0.1) is 6.92 Å². The van der Waals surface area contributed by atoms with Gasteiger partial charge in [-0.15, -0.1) is 0 Å². The van der Waals surface area contributed by atoms with Crippen molar-refractivity contribution in [1.29, 1.82) is 0 Å². The Balaban J connectivity index is 2.32. The lowest BCUT2D eigenvalue weighted by molar-refractivity contribution is 0.0950. The summed E-state index contributed by atoms with van der Waals surface area (Å²) in [6.07, 6.45) is 1.58. The molecule has 0 spiro atoms. The minimum Gasteiger partial charge on any atom is -0.507 e. The molecular weight excluding hydrogens is 328 g/mol. The van der Waals surface area contributed by atoms with Gasteiger partial charge in [-0.3, -0.25) is 9.89 Å². The van der Waals surface area contributed by atoms with Crippen molar-refractivity contribution in [2.45, 2.75) is 59.3 Å². The maximum absolute atomic E-state index is 12.0. The fraction of sp³-hybridized carbons (Fsp3) is 0.450. The van der Waals surface area contributed by atoms with E-state index in [2.05, 4.69) is 62.3 Å². The van der Waals surface area contributed by atoms with Crippen LogP contribution >= 0.6 is 0 Å². The van der Waals surface area contributed by atoms with Gasteiger partial charge in [-0.2, -0.15) is 10.2 Å². The lowest BCUT2D eigenvalue weighted by atomic mass is 9.78. The van der Waals surface area contributed by atoms with Crippen LogP contribution in [-0.4, -0.2) is 27.4 Å². The van der Waals surface area contributed by atoms with Crippen LogP contribution in [0.25, 0.3) is 0 Å². The first kappa shape index (κ1) is 19.7. The van der Waals surface area contributed by atoms with Crippen molar-refractivity contribution in [3.63, 3.8) is 0 Å². The number of hydrogen-bond donors (Lipinski definition) is 3. The predicted octanol–water partition coefficient (Wildman–Crippen LogP) is 3.78. The number of nitrogens with zero attached hydrogens (tertiary/aromatic N) is 2. The summed E-state index contributed by atoms with van der Waals surface area (Å²) in [7, 11) is 0. The number of benzene rings is 1. The van der Waals surface area contributed by atoms with E-state index in [1.54, 1.807) is 12.3 Å². The van der Waals surface area contributed by atoms with Crippen molar-refractivity contribution in [3.8, 4) is 5.75 Å². The highest BCUT2D eigenvalue weighted by Crippen LogP contribution is 2.39. The number of aryl methyl sites for hydroxylation is 1.